The standard InChI is InChI=1S/C22H33N7O3/c1-21(2,3)32-20(31)28-12-8-22(9-13-28)6-10-27(11-7-22)15-18(30)17-4-5-19(23-14-17)29-16-24-25-26-29/h4-5,14,16,18,30H,6-13,15H2,1-3H3. The summed E-state index contributed by atoms with van der Waals surface area (Å²) in [6, 6.07) is 3.67. The molecule has 1 amide bonds. The highest BCUT2D eigenvalue weighted by Gasteiger charge is 2.39. The Hall–Kier alpha value is -2.59. The first-order valence-corrected chi connectivity index (χ1v) is 11.3. The Kier molecular flexibility index (Phi) is 6.43. The Morgan fingerprint density at radius 3 is 2.41 bits per heavy atom. The van der Waals surface area contributed by atoms with Gasteiger partial charge in [-0.3, -0.25) is 0 Å². The summed E-state index contributed by atoms with van der Waals surface area (Å²) in [5.41, 5.74) is 0.629. The number of hydrogen-bond acceptors (Lipinski definition) is 8. The number of aliphatic hydroxyl groups excluding tert-OH is 1. The van der Waals surface area contributed by atoms with Gasteiger partial charge < -0.3 is 19.6 Å². The number of amides is 1. The molecule has 10 nitrogen and oxygen atoms in total. The second-order valence-corrected chi connectivity index (χ2v) is 9.99. The average Bonchev–Trinajstić information content (AvgIpc) is 3.30. The lowest BCUT2D eigenvalue weighted by atomic mass is 9.71. The molecule has 1 atom stereocenters. The summed E-state index contributed by atoms with van der Waals surface area (Å²) in [5, 5.41) is 21.7. The molecule has 4 rings (SSSR count). The van der Waals surface area contributed by atoms with E-state index >= 15 is 0 Å². The van der Waals surface area contributed by atoms with Gasteiger partial charge in [-0.1, -0.05) is 6.07 Å². The lowest BCUT2D eigenvalue weighted by molar-refractivity contribution is -0.00708. The minimum absolute atomic E-state index is 0.201. The van der Waals surface area contributed by atoms with Crippen molar-refractivity contribution in [3.8, 4) is 5.82 Å². The number of likely N-dealkylation sites (tertiary alicyclic amines) is 2. The second-order valence-electron chi connectivity index (χ2n) is 9.99. The summed E-state index contributed by atoms with van der Waals surface area (Å²) < 4.78 is 7.00. The van der Waals surface area contributed by atoms with Gasteiger partial charge in [-0.2, -0.15) is 4.68 Å². The van der Waals surface area contributed by atoms with E-state index in [-0.39, 0.29) is 6.09 Å². The third-order valence-corrected chi connectivity index (χ3v) is 6.56. The lowest BCUT2D eigenvalue weighted by Crippen LogP contribution is -2.49. The molecule has 0 aromatic carbocycles. The predicted molar refractivity (Wildman–Crippen MR) is 117 cm³/mol. The van der Waals surface area contributed by atoms with Crippen molar-refractivity contribution in [1.82, 2.24) is 35.0 Å². The molecular weight excluding hydrogens is 410 g/mol. The molecule has 2 aliphatic heterocycles. The van der Waals surface area contributed by atoms with E-state index in [1.165, 1.54) is 11.0 Å². The summed E-state index contributed by atoms with van der Waals surface area (Å²) in [5.74, 6) is 0.614. The van der Waals surface area contributed by atoms with Gasteiger partial charge >= 0.3 is 6.09 Å². The molecule has 2 saturated heterocycles. The molecule has 2 aromatic heterocycles. The maximum Gasteiger partial charge on any atom is 0.410 e. The molecule has 2 aliphatic rings. The first-order chi connectivity index (χ1) is 15.2. The maximum absolute atomic E-state index is 12.3. The minimum atomic E-state index is -0.589. The molecule has 174 valence electrons. The van der Waals surface area contributed by atoms with Gasteiger partial charge in [0, 0.05) is 31.4 Å². The van der Waals surface area contributed by atoms with Crippen LogP contribution < -0.4 is 0 Å². The van der Waals surface area contributed by atoms with Crippen molar-refractivity contribution in [2.75, 3.05) is 32.7 Å². The topological polar surface area (TPSA) is 110 Å². The summed E-state index contributed by atoms with van der Waals surface area (Å²) >= 11 is 0. The van der Waals surface area contributed by atoms with E-state index < -0.39 is 11.7 Å². The Bertz CT molecular complexity index is 877. The number of β-amino-alcohol motifs (C(OH)–C–C–N with tert-alkyl or cyclic N) is 1. The molecule has 1 N–H and O–H groups in total. The zero-order valence-corrected chi connectivity index (χ0v) is 19.1. The molecule has 4 heterocycles. The number of aliphatic hydroxyl groups is 1. The molecule has 32 heavy (non-hydrogen) atoms. The summed E-state index contributed by atoms with van der Waals surface area (Å²) in [6.45, 7) is 9.73. The average molecular weight is 444 g/mol. The third-order valence-electron chi connectivity index (χ3n) is 6.56. The first-order valence-electron chi connectivity index (χ1n) is 11.3. The van der Waals surface area contributed by atoms with Crippen LogP contribution in [-0.4, -0.2) is 84.5 Å². The number of nitrogens with zero attached hydrogens (tertiary/aromatic N) is 7. The highest BCUT2D eigenvalue weighted by molar-refractivity contribution is 5.68. The predicted octanol–water partition coefficient (Wildman–Crippen LogP) is 2.20. The number of rotatable bonds is 4. The smallest absolute Gasteiger partial charge is 0.410 e. The van der Waals surface area contributed by atoms with E-state index in [9.17, 15) is 9.90 Å². The van der Waals surface area contributed by atoms with Crippen LogP contribution in [0.4, 0.5) is 4.79 Å². The number of hydrogen-bond donors (Lipinski definition) is 1. The highest BCUT2D eigenvalue weighted by atomic mass is 16.6. The maximum atomic E-state index is 12.3. The second kappa shape index (κ2) is 9.11. The Morgan fingerprint density at radius 1 is 1.16 bits per heavy atom. The van der Waals surface area contributed by atoms with Crippen LogP contribution in [-0.2, 0) is 4.74 Å². The van der Waals surface area contributed by atoms with Crippen molar-refractivity contribution in [2.24, 2.45) is 5.41 Å². The molecule has 0 radical (unpaired) electrons. The summed E-state index contributed by atoms with van der Waals surface area (Å²) in [6.07, 6.45) is 6.60. The van der Waals surface area contributed by atoms with Gasteiger partial charge in [0.1, 0.15) is 11.9 Å². The fraction of sp³-hybridized carbons (Fsp3) is 0.682. The van der Waals surface area contributed by atoms with Gasteiger partial charge in [-0.25, -0.2) is 9.78 Å². The van der Waals surface area contributed by atoms with Crippen LogP contribution >= 0.6 is 0 Å². The van der Waals surface area contributed by atoms with Crippen molar-refractivity contribution in [3.05, 3.63) is 30.2 Å². The molecule has 2 aromatic rings. The Labute approximate surface area is 188 Å². The number of pyridine rings is 1. The number of ether oxygens (including phenoxy) is 1. The van der Waals surface area contributed by atoms with Crippen LogP contribution in [0, 0.1) is 5.41 Å². The lowest BCUT2D eigenvalue weighted by Gasteiger charge is -2.47. The van der Waals surface area contributed by atoms with Crippen molar-refractivity contribution in [2.45, 2.75) is 58.2 Å². The van der Waals surface area contributed by atoms with E-state index in [0.29, 0.717) is 17.8 Å². The monoisotopic (exact) mass is 443 g/mol. The highest BCUT2D eigenvalue weighted by Crippen LogP contribution is 2.41. The molecular formula is C22H33N7O3. The molecule has 0 bridgehead atoms. The summed E-state index contributed by atoms with van der Waals surface area (Å²) in [4.78, 5) is 20.8. The van der Waals surface area contributed by atoms with Crippen molar-refractivity contribution >= 4 is 6.09 Å². The van der Waals surface area contributed by atoms with E-state index in [4.69, 9.17) is 4.74 Å². The molecule has 0 aliphatic carbocycles. The van der Waals surface area contributed by atoms with E-state index in [0.717, 1.165) is 57.4 Å². The zero-order chi connectivity index (χ0) is 22.8. The van der Waals surface area contributed by atoms with Gasteiger partial charge in [-0.05, 0) is 81.5 Å². The van der Waals surface area contributed by atoms with Crippen LogP contribution in [0.3, 0.4) is 0 Å². The van der Waals surface area contributed by atoms with Crippen LogP contribution in [0.5, 0.6) is 0 Å². The van der Waals surface area contributed by atoms with Crippen molar-refractivity contribution < 1.29 is 14.6 Å². The van der Waals surface area contributed by atoms with Gasteiger partial charge in [0.2, 0.25) is 0 Å². The molecule has 1 spiro atoms. The van der Waals surface area contributed by atoms with E-state index in [2.05, 4.69) is 25.4 Å². The number of piperidine rings is 2. The Balaban J connectivity index is 1.24. The van der Waals surface area contributed by atoms with Crippen molar-refractivity contribution in [1.29, 1.82) is 0 Å². The fourth-order valence-corrected chi connectivity index (χ4v) is 4.55. The SMILES string of the molecule is CC(C)(C)OC(=O)N1CCC2(CCN(CC(O)c3ccc(-n4cnnn4)nc3)CC2)CC1. The zero-order valence-electron chi connectivity index (χ0n) is 19.1. The molecule has 1 unspecified atom stereocenters. The first kappa shape index (κ1) is 22.6. The van der Waals surface area contributed by atoms with Gasteiger partial charge in [0.15, 0.2) is 5.82 Å². The van der Waals surface area contributed by atoms with E-state index in [1.807, 2.05) is 31.7 Å². The largest absolute Gasteiger partial charge is 0.444 e. The molecule has 2 fully saturated rings. The van der Waals surface area contributed by atoms with Gasteiger partial charge in [0.25, 0.3) is 0 Å². The van der Waals surface area contributed by atoms with Crippen LogP contribution in [0.1, 0.15) is 58.1 Å². The van der Waals surface area contributed by atoms with Gasteiger partial charge in [0.05, 0.1) is 6.10 Å². The quantitative estimate of drug-likeness (QED) is 0.766. The number of carbonyl (C=O) groups is 1. The van der Waals surface area contributed by atoms with Crippen LogP contribution in [0.15, 0.2) is 24.7 Å². The number of tetrazole rings is 1. The number of carbonyl (C=O) groups excluding carboxylic acids is 1. The van der Waals surface area contributed by atoms with Gasteiger partial charge in [-0.15, -0.1) is 5.10 Å². The molecule has 0 saturated carbocycles. The van der Waals surface area contributed by atoms with Crippen LogP contribution in [0.2, 0.25) is 0 Å². The fourth-order valence-electron chi connectivity index (χ4n) is 4.55. The normalized spacial score (nSPS) is 20.3. The Morgan fingerprint density at radius 2 is 1.84 bits per heavy atom. The number of aromatic nitrogens is 5. The summed E-state index contributed by atoms with van der Waals surface area (Å²) in [7, 11) is 0. The van der Waals surface area contributed by atoms with E-state index in [1.54, 1.807) is 12.3 Å². The van der Waals surface area contributed by atoms with Crippen molar-refractivity contribution in [3.63, 3.8) is 0 Å². The van der Waals surface area contributed by atoms with Crippen LogP contribution in [0.25, 0.3) is 5.82 Å². The molecule has 10 heteroatoms. The minimum Gasteiger partial charge on any atom is -0.444 e. The third kappa shape index (κ3) is 5.42.